The molecule has 0 spiro atoms. The normalized spacial score (nSPS) is 20.0. The number of imide groups is 2. The lowest BCUT2D eigenvalue weighted by Crippen LogP contribution is -2.58. The Bertz CT molecular complexity index is 1140. The Kier molecular flexibility index (Phi) is 5.73. The molecule has 1 atom stereocenters. The van der Waals surface area contributed by atoms with E-state index >= 15 is 0 Å². The third-order valence-electron chi connectivity index (χ3n) is 7.33. The number of likely N-dealkylation sites (N-methyl/N-ethyl adjacent to an activating group) is 1. The van der Waals surface area contributed by atoms with Gasteiger partial charge < -0.3 is 4.90 Å². The molecule has 4 amide bonds. The van der Waals surface area contributed by atoms with Crippen molar-refractivity contribution in [1.82, 2.24) is 19.8 Å². The van der Waals surface area contributed by atoms with Crippen LogP contribution in [-0.2, 0) is 0 Å². The fourth-order valence-electron chi connectivity index (χ4n) is 5.35. The lowest BCUT2D eigenvalue weighted by atomic mass is 9.85. The molecule has 8 heteroatoms. The highest BCUT2D eigenvalue weighted by Crippen LogP contribution is 2.39. The SMILES string of the molecule is CCCCCC(C)N1C(=O)c2ccc3c4c(ccc(c24)C1=O)C(=O)N(N1CCN(C)CC1)C3=O. The Morgan fingerprint density at radius 3 is 1.68 bits per heavy atom. The lowest BCUT2D eigenvalue weighted by Gasteiger charge is -2.41. The molecule has 0 radical (unpaired) electrons. The van der Waals surface area contributed by atoms with Gasteiger partial charge in [-0.15, -0.1) is 0 Å². The van der Waals surface area contributed by atoms with Crippen LogP contribution in [-0.4, -0.2) is 82.7 Å². The quantitative estimate of drug-likeness (QED) is 0.485. The molecule has 1 saturated heterocycles. The second kappa shape index (κ2) is 8.60. The number of hydrazine groups is 1. The summed E-state index contributed by atoms with van der Waals surface area (Å²) >= 11 is 0. The Balaban J connectivity index is 1.57. The minimum Gasteiger partial charge on any atom is -0.304 e. The number of carbonyl (C=O) groups excluding carboxylic acids is 4. The van der Waals surface area contributed by atoms with E-state index in [2.05, 4.69) is 11.8 Å². The molecule has 3 aliphatic rings. The summed E-state index contributed by atoms with van der Waals surface area (Å²) in [6.07, 6.45) is 3.81. The number of nitrogens with zero attached hydrogens (tertiary/aromatic N) is 4. The van der Waals surface area contributed by atoms with Gasteiger partial charge in [-0.1, -0.05) is 26.2 Å². The monoisotopic (exact) mass is 462 g/mol. The molecule has 2 aromatic carbocycles. The first-order chi connectivity index (χ1) is 16.3. The number of amides is 4. The van der Waals surface area contributed by atoms with Gasteiger partial charge in [0.2, 0.25) is 0 Å². The van der Waals surface area contributed by atoms with Crippen molar-refractivity contribution in [3.63, 3.8) is 0 Å². The van der Waals surface area contributed by atoms with Crippen molar-refractivity contribution in [3.8, 4) is 0 Å². The molecule has 0 saturated carbocycles. The number of rotatable bonds is 6. The highest BCUT2D eigenvalue weighted by atomic mass is 16.2. The standard InChI is InChI=1S/C26H30N4O4/c1-4-5-6-7-16(2)29-23(31)17-8-10-19-22-20(11-9-18(21(17)22)24(29)32)26(34)30(25(19)33)28-14-12-27(3)13-15-28/h8-11,16H,4-7,12-15H2,1-3H3. The highest BCUT2D eigenvalue weighted by Gasteiger charge is 2.42. The Hall–Kier alpha value is -3.10. The van der Waals surface area contributed by atoms with Crippen LogP contribution in [0, 0.1) is 0 Å². The molecule has 2 aromatic rings. The number of benzene rings is 2. The summed E-state index contributed by atoms with van der Waals surface area (Å²) in [6, 6.07) is 6.33. The topological polar surface area (TPSA) is 81.2 Å². The van der Waals surface area contributed by atoms with Crippen molar-refractivity contribution in [2.75, 3.05) is 33.2 Å². The summed E-state index contributed by atoms with van der Waals surface area (Å²) in [5, 5.41) is 3.89. The first kappa shape index (κ1) is 22.7. The molecule has 0 aromatic heterocycles. The maximum atomic E-state index is 13.5. The van der Waals surface area contributed by atoms with E-state index in [1.54, 1.807) is 29.3 Å². The van der Waals surface area contributed by atoms with Crippen LogP contribution in [0.25, 0.3) is 10.8 Å². The van der Waals surface area contributed by atoms with Crippen molar-refractivity contribution >= 4 is 34.4 Å². The summed E-state index contributed by atoms with van der Waals surface area (Å²) in [5.74, 6) is -1.51. The molecular formula is C26H30N4O4. The molecule has 0 N–H and O–H groups in total. The molecule has 3 aliphatic heterocycles. The molecular weight excluding hydrogens is 432 g/mol. The molecule has 0 aliphatic carbocycles. The van der Waals surface area contributed by atoms with Crippen LogP contribution in [0.3, 0.4) is 0 Å². The van der Waals surface area contributed by atoms with Crippen LogP contribution in [0.1, 0.15) is 81.0 Å². The average Bonchev–Trinajstić information content (AvgIpc) is 2.82. The Morgan fingerprint density at radius 1 is 0.735 bits per heavy atom. The molecule has 178 valence electrons. The van der Waals surface area contributed by atoms with Gasteiger partial charge in [0.1, 0.15) is 0 Å². The Labute approximate surface area is 199 Å². The molecule has 1 unspecified atom stereocenters. The first-order valence-electron chi connectivity index (χ1n) is 12.1. The van der Waals surface area contributed by atoms with Crippen LogP contribution in [0.5, 0.6) is 0 Å². The van der Waals surface area contributed by atoms with Crippen molar-refractivity contribution < 1.29 is 19.2 Å². The van der Waals surface area contributed by atoms with E-state index in [0.29, 0.717) is 46.1 Å². The van der Waals surface area contributed by atoms with Crippen LogP contribution in [0.15, 0.2) is 24.3 Å². The lowest BCUT2D eigenvalue weighted by molar-refractivity contribution is -0.0218. The third-order valence-corrected chi connectivity index (χ3v) is 7.33. The van der Waals surface area contributed by atoms with Crippen molar-refractivity contribution in [2.24, 2.45) is 0 Å². The molecule has 0 bridgehead atoms. The van der Waals surface area contributed by atoms with Crippen LogP contribution in [0.4, 0.5) is 0 Å². The van der Waals surface area contributed by atoms with Gasteiger partial charge in [-0.2, -0.15) is 0 Å². The number of piperazine rings is 1. The number of hydrogen-bond acceptors (Lipinski definition) is 6. The van der Waals surface area contributed by atoms with Gasteiger partial charge in [0, 0.05) is 54.1 Å². The smallest absolute Gasteiger partial charge is 0.276 e. The Morgan fingerprint density at radius 2 is 1.21 bits per heavy atom. The summed E-state index contributed by atoms with van der Waals surface area (Å²) in [5.41, 5.74) is 1.48. The first-order valence-corrected chi connectivity index (χ1v) is 12.1. The zero-order chi connectivity index (χ0) is 24.1. The summed E-state index contributed by atoms with van der Waals surface area (Å²) in [6.45, 7) is 6.68. The predicted molar refractivity (Wildman–Crippen MR) is 128 cm³/mol. The van der Waals surface area contributed by atoms with E-state index in [-0.39, 0.29) is 17.9 Å². The maximum absolute atomic E-state index is 13.5. The van der Waals surface area contributed by atoms with E-state index in [1.165, 1.54) is 9.91 Å². The minimum atomic E-state index is -0.402. The van der Waals surface area contributed by atoms with Crippen LogP contribution in [0.2, 0.25) is 0 Å². The molecule has 34 heavy (non-hydrogen) atoms. The van der Waals surface area contributed by atoms with E-state index in [9.17, 15) is 19.2 Å². The van der Waals surface area contributed by atoms with Crippen molar-refractivity contribution in [2.45, 2.75) is 45.6 Å². The van der Waals surface area contributed by atoms with E-state index in [0.717, 1.165) is 38.8 Å². The van der Waals surface area contributed by atoms with Gasteiger partial charge in [-0.3, -0.25) is 24.1 Å². The average molecular weight is 463 g/mol. The summed E-state index contributed by atoms with van der Waals surface area (Å²) in [7, 11) is 2.01. The largest absolute Gasteiger partial charge is 0.304 e. The zero-order valence-corrected chi connectivity index (χ0v) is 20.0. The predicted octanol–water partition coefficient (Wildman–Crippen LogP) is 3.16. The fraction of sp³-hybridized carbons (Fsp3) is 0.462. The second-order valence-corrected chi connectivity index (χ2v) is 9.58. The molecule has 1 fully saturated rings. The highest BCUT2D eigenvalue weighted by molar-refractivity contribution is 6.33. The maximum Gasteiger partial charge on any atom is 0.276 e. The summed E-state index contributed by atoms with van der Waals surface area (Å²) < 4.78 is 0. The van der Waals surface area contributed by atoms with E-state index in [1.807, 2.05) is 14.0 Å². The van der Waals surface area contributed by atoms with E-state index in [4.69, 9.17) is 0 Å². The number of unbranched alkanes of at least 4 members (excludes halogenated alkanes) is 2. The summed E-state index contributed by atoms with van der Waals surface area (Å²) in [4.78, 5) is 57.3. The van der Waals surface area contributed by atoms with Gasteiger partial charge in [0.05, 0.1) is 11.1 Å². The van der Waals surface area contributed by atoms with Crippen molar-refractivity contribution in [1.29, 1.82) is 0 Å². The minimum absolute atomic E-state index is 0.224. The number of hydrogen-bond donors (Lipinski definition) is 0. The second-order valence-electron chi connectivity index (χ2n) is 9.58. The van der Waals surface area contributed by atoms with Crippen molar-refractivity contribution in [3.05, 3.63) is 46.5 Å². The van der Waals surface area contributed by atoms with Gasteiger partial charge in [0.25, 0.3) is 23.6 Å². The fourth-order valence-corrected chi connectivity index (χ4v) is 5.35. The van der Waals surface area contributed by atoms with Crippen LogP contribution < -0.4 is 0 Å². The van der Waals surface area contributed by atoms with E-state index < -0.39 is 11.8 Å². The molecule has 8 nitrogen and oxygen atoms in total. The zero-order valence-electron chi connectivity index (χ0n) is 20.0. The van der Waals surface area contributed by atoms with Gasteiger partial charge in [0.15, 0.2) is 0 Å². The molecule has 3 heterocycles. The van der Waals surface area contributed by atoms with Gasteiger partial charge >= 0.3 is 0 Å². The third kappa shape index (κ3) is 3.35. The van der Waals surface area contributed by atoms with Crippen LogP contribution >= 0.6 is 0 Å². The van der Waals surface area contributed by atoms with Gasteiger partial charge in [-0.05, 0) is 44.7 Å². The van der Waals surface area contributed by atoms with Gasteiger partial charge in [-0.25, -0.2) is 10.0 Å². The molecule has 5 rings (SSSR count). The number of carbonyl (C=O) groups is 4.